The molecule has 21 heavy (non-hydrogen) atoms. The molecule has 0 aromatic heterocycles. The second-order valence-electron chi connectivity index (χ2n) is 5.43. The van der Waals surface area contributed by atoms with E-state index < -0.39 is 0 Å². The van der Waals surface area contributed by atoms with Gasteiger partial charge in [-0.3, -0.25) is 0 Å². The molecule has 0 fully saturated rings. The van der Waals surface area contributed by atoms with Gasteiger partial charge < -0.3 is 10.6 Å². The third kappa shape index (κ3) is 2.43. The van der Waals surface area contributed by atoms with Crippen molar-refractivity contribution in [3.05, 3.63) is 58.4 Å². The van der Waals surface area contributed by atoms with Gasteiger partial charge in [0.2, 0.25) is 0 Å². The quantitative estimate of drug-likeness (QED) is 0.860. The van der Waals surface area contributed by atoms with Crippen LogP contribution in [0.15, 0.2) is 30.3 Å². The van der Waals surface area contributed by atoms with E-state index in [2.05, 4.69) is 11.0 Å². The highest BCUT2D eigenvalue weighted by atomic mass is 19.1. The van der Waals surface area contributed by atoms with Crippen LogP contribution >= 0.6 is 0 Å². The van der Waals surface area contributed by atoms with E-state index in [9.17, 15) is 4.39 Å². The second kappa shape index (κ2) is 5.10. The number of hydrogen-bond donors (Lipinski definition) is 1. The standard InChI is InChI=1S/C17H16FN3/c1-11-6-13-4-5-21(17(13)8-16(11)20)10-14-3-2-12(9-19)7-15(14)18/h2-3,6-8H,4-5,10,20H2,1H3. The van der Waals surface area contributed by atoms with Crippen molar-refractivity contribution in [1.82, 2.24) is 0 Å². The molecule has 0 saturated carbocycles. The maximum atomic E-state index is 14.0. The molecule has 3 nitrogen and oxygen atoms in total. The molecule has 0 atom stereocenters. The molecule has 0 aliphatic carbocycles. The highest BCUT2D eigenvalue weighted by Crippen LogP contribution is 2.33. The molecule has 0 radical (unpaired) electrons. The smallest absolute Gasteiger partial charge is 0.129 e. The lowest BCUT2D eigenvalue weighted by Gasteiger charge is -2.20. The van der Waals surface area contributed by atoms with Crippen LogP contribution in [0.3, 0.4) is 0 Å². The SMILES string of the molecule is Cc1cc2c(cc1N)N(Cc1ccc(C#N)cc1F)CC2. The van der Waals surface area contributed by atoms with Crippen molar-refractivity contribution >= 4 is 11.4 Å². The molecule has 0 unspecified atom stereocenters. The third-order valence-corrected chi connectivity index (χ3v) is 4.00. The number of benzene rings is 2. The van der Waals surface area contributed by atoms with E-state index in [4.69, 9.17) is 11.0 Å². The van der Waals surface area contributed by atoms with Crippen LogP contribution in [0.4, 0.5) is 15.8 Å². The van der Waals surface area contributed by atoms with Crippen LogP contribution in [0.1, 0.15) is 22.3 Å². The predicted octanol–water partition coefficient (Wildman–Crippen LogP) is 3.15. The van der Waals surface area contributed by atoms with Gasteiger partial charge in [0.25, 0.3) is 0 Å². The van der Waals surface area contributed by atoms with Gasteiger partial charge >= 0.3 is 0 Å². The van der Waals surface area contributed by atoms with Crippen LogP contribution in [0, 0.1) is 24.1 Å². The van der Waals surface area contributed by atoms with Gasteiger partial charge in [-0.2, -0.15) is 5.26 Å². The minimum absolute atomic E-state index is 0.331. The molecule has 0 saturated heterocycles. The number of nitrogen functional groups attached to an aromatic ring is 1. The van der Waals surface area contributed by atoms with Gasteiger partial charge in [-0.25, -0.2) is 4.39 Å². The number of halogens is 1. The zero-order valence-electron chi connectivity index (χ0n) is 11.9. The number of rotatable bonds is 2. The number of anilines is 2. The van der Waals surface area contributed by atoms with Crippen LogP contribution in [0.2, 0.25) is 0 Å². The van der Waals surface area contributed by atoms with Crippen molar-refractivity contribution in [2.75, 3.05) is 17.2 Å². The lowest BCUT2D eigenvalue weighted by Crippen LogP contribution is -2.20. The second-order valence-corrected chi connectivity index (χ2v) is 5.43. The Morgan fingerprint density at radius 3 is 2.86 bits per heavy atom. The summed E-state index contributed by atoms with van der Waals surface area (Å²) in [4.78, 5) is 2.13. The van der Waals surface area contributed by atoms with E-state index >= 15 is 0 Å². The molecule has 1 aliphatic heterocycles. The lowest BCUT2D eigenvalue weighted by atomic mass is 10.1. The van der Waals surface area contributed by atoms with Crippen molar-refractivity contribution in [3.8, 4) is 6.07 Å². The van der Waals surface area contributed by atoms with Gasteiger partial charge in [0.05, 0.1) is 11.6 Å². The monoisotopic (exact) mass is 281 g/mol. The molecule has 106 valence electrons. The van der Waals surface area contributed by atoms with Crippen LogP contribution in [-0.4, -0.2) is 6.54 Å². The summed E-state index contributed by atoms with van der Waals surface area (Å²) in [6.45, 7) is 3.35. The largest absolute Gasteiger partial charge is 0.398 e. The van der Waals surface area contributed by atoms with E-state index in [0.717, 1.165) is 29.9 Å². The highest BCUT2D eigenvalue weighted by molar-refractivity contribution is 5.67. The van der Waals surface area contributed by atoms with Crippen molar-refractivity contribution < 1.29 is 4.39 Å². The summed E-state index contributed by atoms with van der Waals surface area (Å²) in [7, 11) is 0. The van der Waals surface area contributed by atoms with Crippen molar-refractivity contribution in [3.63, 3.8) is 0 Å². The van der Waals surface area contributed by atoms with Crippen molar-refractivity contribution in [2.24, 2.45) is 0 Å². The normalized spacial score (nSPS) is 13.1. The zero-order valence-corrected chi connectivity index (χ0v) is 11.9. The Morgan fingerprint density at radius 2 is 2.14 bits per heavy atom. The Labute approximate surface area is 123 Å². The van der Waals surface area contributed by atoms with Crippen LogP contribution < -0.4 is 10.6 Å². The first kappa shape index (κ1) is 13.4. The minimum Gasteiger partial charge on any atom is -0.398 e. The van der Waals surface area contributed by atoms with Gasteiger partial charge in [-0.1, -0.05) is 12.1 Å². The predicted molar refractivity (Wildman–Crippen MR) is 81.5 cm³/mol. The number of nitrogens with zero attached hydrogens (tertiary/aromatic N) is 2. The summed E-state index contributed by atoms with van der Waals surface area (Å²) in [5.41, 5.74) is 11.1. The molecular weight excluding hydrogens is 265 g/mol. The minimum atomic E-state index is -0.331. The Hall–Kier alpha value is -2.54. The number of nitrogens with two attached hydrogens (primary N) is 1. The number of hydrogen-bond acceptors (Lipinski definition) is 3. The average molecular weight is 281 g/mol. The van der Waals surface area contributed by atoms with Crippen molar-refractivity contribution in [2.45, 2.75) is 19.9 Å². The first-order valence-corrected chi connectivity index (χ1v) is 6.91. The molecule has 2 N–H and O–H groups in total. The molecule has 4 heteroatoms. The summed E-state index contributed by atoms with van der Waals surface area (Å²) in [5, 5.41) is 8.78. The topological polar surface area (TPSA) is 53.0 Å². The molecule has 0 amide bonds. The summed E-state index contributed by atoms with van der Waals surface area (Å²) in [6.07, 6.45) is 0.953. The first-order chi connectivity index (χ1) is 10.1. The molecule has 2 aromatic rings. The number of nitriles is 1. The molecule has 3 rings (SSSR count). The Balaban J connectivity index is 1.89. The summed E-state index contributed by atoms with van der Waals surface area (Å²) in [6, 6.07) is 10.7. The molecule has 0 spiro atoms. The van der Waals surface area contributed by atoms with Crippen molar-refractivity contribution in [1.29, 1.82) is 5.26 Å². The fourth-order valence-electron chi connectivity index (χ4n) is 2.76. The average Bonchev–Trinajstić information content (AvgIpc) is 2.84. The number of fused-ring (bicyclic) bond motifs is 1. The summed E-state index contributed by atoms with van der Waals surface area (Å²) < 4.78 is 14.0. The maximum Gasteiger partial charge on any atom is 0.129 e. The zero-order chi connectivity index (χ0) is 15.0. The first-order valence-electron chi connectivity index (χ1n) is 6.91. The summed E-state index contributed by atoms with van der Waals surface area (Å²) >= 11 is 0. The van der Waals surface area contributed by atoms with Gasteiger partial charge in [0.1, 0.15) is 5.82 Å². The molecule has 1 aliphatic rings. The Morgan fingerprint density at radius 1 is 1.33 bits per heavy atom. The molecule has 2 aromatic carbocycles. The Bertz CT molecular complexity index is 746. The van der Waals surface area contributed by atoms with Crippen LogP contribution in [0.5, 0.6) is 0 Å². The molecular formula is C17H16FN3. The van der Waals surface area contributed by atoms with E-state index in [-0.39, 0.29) is 5.82 Å². The van der Waals surface area contributed by atoms with E-state index in [1.165, 1.54) is 11.6 Å². The van der Waals surface area contributed by atoms with Crippen LogP contribution in [-0.2, 0) is 13.0 Å². The van der Waals surface area contributed by atoms with E-state index in [1.807, 2.05) is 19.1 Å². The van der Waals surface area contributed by atoms with Gasteiger partial charge in [0.15, 0.2) is 0 Å². The van der Waals surface area contributed by atoms with E-state index in [1.54, 1.807) is 12.1 Å². The highest BCUT2D eigenvalue weighted by Gasteiger charge is 2.21. The van der Waals surface area contributed by atoms with Gasteiger partial charge in [-0.05, 0) is 42.7 Å². The third-order valence-electron chi connectivity index (χ3n) is 4.00. The fourth-order valence-corrected chi connectivity index (χ4v) is 2.76. The molecule has 1 heterocycles. The van der Waals surface area contributed by atoms with Crippen LogP contribution in [0.25, 0.3) is 0 Å². The van der Waals surface area contributed by atoms with Gasteiger partial charge in [0, 0.05) is 30.0 Å². The maximum absolute atomic E-state index is 14.0. The Kier molecular flexibility index (Phi) is 3.26. The summed E-state index contributed by atoms with van der Waals surface area (Å²) in [5.74, 6) is -0.331. The fraction of sp³-hybridized carbons (Fsp3) is 0.235. The lowest BCUT2D eigenvalue weighted by molar-refractivity contribution is 0.605. The van der Waals surface area contributed by atoms with E-state index in [0.29, 0.717) is 17.7 Å². The molecule has 0 bridgehead atoms. The van der Waals surface area contributed by atoms with Gasteiger partial charge in [-0.15, -0.1) is 0 Å². The number of aryl methyl sites for hydroxylation is 1.